The molecule has 112 valence electrons. The normalized spacial score (nSPS) is 40.9. The van der Waals surface area contributed by atoms with Crippen molar-refractivity contribution in [2.24, 2.45) is 10.7 Å². The molecule has 1 saturated heterocycles. The average Bonchev–Trinajstić information content (AvgIpc) is 2.64. The van der Waals surface area contributed by atoms with Crippen LogP contribution in [0.5, 0.6) is 0 Å². The summed E-state index contributed by atoms with van der Waals surface area (Å²) < 4.78 is 19.7. The van der Waals surface area contributed by atoms with Crippen molar-refractivity contribution < 1.29 is 24.4 Å². The van der Waals surface area contributed by atoms with E-state index >= 15 is 0 Å². The van der Waals surface area contributed by atoms with Crippen molar-refractivity contribution in [1.29, 1.82) is 0 Å². The number of aliphatic imine (C=N–C) groups is 1. The lowest BCUT2D eigenvalue weighted by molar-refractivity contribution is -0.148. The first-order chi connectivity index (χ1) is 9.33. The van der Waals surface area contributed by atoms with Crippen molar-refractivity contribution in [1.82, 2.24) is 4.90 Å². The third-order valence-electron chi connectivity index (χ3n) is 3.58. The number of rotatable bonds is 3. The van der Waals surface area contributed by atoms with Crippen molar-refractivity contribution in [3.63, 3.8) is 0 Å². The lowest BCUT2D eigenvalue weighted by Crippen LogP contribution is -2.46. The number of nitrogens with zero attached hydrogens (tertiary/aromatic N) is 2. The summed E-state index contributed by atoms with van der Waals surface area (Å²) in [6, 6.07) is 0. The Kier molecular flexibility index (Phi) is 3.83. The fourth-order valence-corrected chi connectivity index (χ4v) is 2.31. The largest absolute Gasteiger partial charge is 0.393 e. The van der Waals surface area contributed by atoms with Crippen LogP contribution >= 0.6 is 0 Å². The molecule has 20 heavy (non-hydrogen) atoms. The Morgan fingerprint density at radius 1 is 1.65 bits per heavy atom. The lowest BCUT2D eigenvalue weighted by Gasteiger charge is -2.34. The van der Waals surface area contributed by atoms with Gasteiger partial charge in [-0.15, -0.1) is 0 Å². The fraction of sp³-hybridized carbons (Fsp3) is 0.583. The van der Waals surface area contributed by atoms with Crippen LogP contribution in [0.3, 0.4) is 0 Å². The van der Waals surface area contributed by atoms with E-state index in [1.165, 1.54) is 19.2 Å². The monoisotopic (exact) mass is 287 g/mol. The van der Waals surface area contributed by atoms with Gasteiger partial charge in [-0.25, -0.2) is 9.38 Å². The summed E-state index contributed by atoms with van der Waals surface area (Å²) in [4.78, 5) is 4.74. The molecule has 0 radical (unpaired) electrons. The zero-order valence-electron chi connectivity index (χ0n) is 11.0. The van der Waals surface area contributed by atoms with Crippen LogP contribution < -0.4 is 5.73 Å². The second-order valence-electron chi connectivity index (χ2n) is 4.89. The van der Waals surface area contributed by atoms with Gasteiger partial charge in [0.25, 0.3) is 0 Å². The number of amidine groups is 1. The standard InChI is InChI=1S/C12H18FN3O4/c1-6(2)12(5-17)9(18)8(13)10(20-12)16-4-3-7(14)15-11(16)19/h3-4,8-11,17-19H,1,5H2,2H3,(H2,14,15)/t8-,9+,10-,11?,12+/m1/s1. The van der Waals surface area contributed by atoms with Gasteiger partial charge in [0, 0.05) is 6.20 Å². The number of ether oxygens (including phenoxy) is 1. The molecule has 5 atom stereocenters. The smallest absolute Gasteiger partial charge is 0.229 e. The number of halogens is 1. The molecule has 0 bridgehead atoms. The molecule has 0 aromatic heterocycles. The molecule has 2 rings (SSSR count). The molecule has 7 nitrogen and oxygen atoms in total. The molecule has 0 aromatic carbocycles. The second-order valence-corrected chi connectivity index (χ2v) is 4.89. The van der Waals surface area contributed by atoms with E-state index in [-0.39, 0.29) is 11.4 Å². The SMILES string of the molecule is C=C(C)[C@]1(CO)O[C@@H](N2C=CC(N)=NC2O)[C@H](F)[C@@H]1O. The lowest BCUT2D eigenvalue weighted by atomic mass is 9.90. The molecule has 8 heteroatoms. The molecule has 2 aliphatic heterocycles. The highest BCUT2D eigenvalue weighted by atomic mass is 19.1. The minimum absolute atomic E-state index is 0.0935. The van der Waals surface area contributed by atoms with Gasteiger partial charge in [0.2, 0.25) is 6.35 Å². The summed E-state index contributed by atoms with van der Waals surface area (Å²) in [5.74, 6) is 0.0935. The predicted octanol–water partition coefficient (Wildman–Crippen LogP) is -1.19. The highest BCUT2D eigenvalue weighted by Gasteiger charge is 2.57. The first-order valence-electron chi connectivity index (χ1n) is 6.07. The third-order valence-corrected chi connectivity index (χ3v) is 3.58. The Bertz CT molecular complexity index is 470. The molecular weight excluding hydrogens is 269 g/mol. The van der Waals surface area contributed by atoms with E-state index in [1.807, 2.05) is 0 Å². The molecule has 5 N–H and O–H groups in total. The summed E-state index contributed by atoms with van der Waals surface area (Å²) in [6.45, 7) is 4.51. The zero-order valence-corrected chi connectivity index (χ0v) is 11.0. The van der Waals surface area contributed by atoms with Crippen molar-refractivity contribution in [3.05, 3.63) is 24.4 Å². The first kappa shape index (κ1) is 14.9. The molecule has 0 amide bonds. The number of aliphatic hydroxyl groups excluding tert-OH is 3. The van der Waals surface area contributed by atoms with E-state index in [4.69, 9.17) is 10.5 Å². The van der Waals surface area contributed by atoms with Gasteiger partial charge < -0.3 is 30.7 Å². The van der Waals surface area contributed by atoms with Crippen molar-refractivity contribution in [3.8, 4) is 0 Å². The van der Waals surface area contributed by atoms with Crippen LogP contribution in [-0.2, 0) is 4.74 Å². The molecule has 1 fully saturated rings. The molecule has 0 saturated carbocycles. The van der Waals surface area contributed by atoms with E-state index in [0.717, 1.165) is 4.90 Å². The van der Waals surface area contributed by atoms with Gasteiger partial charge in [0.05, 0.1) is 6.61 Å². The minimum Gasteiger partial charge on any atom is -0.393 e. The van der Waals surface area contributed by atoms with Crippen LogP contribution in [-0.4, -0.2) is 63.1 Å². The van der Waals surface area contributed by atoms with Gasteiger partial charge in [-0.3, -0.25) is 0 Å². The number of nitrogens with two attached hydrogens (primary N) is 1. The number of alkyl halides is 1. The second kappa shape index (κ2) is 5.13. The number of hydrogen-bond donors (Lipinski definition) is 4. The van der Waals surface area contributed by atoms with E-state index in [9.17, 15) is 19.7 Å². The van der Waals surface area contributed by atoms with E-state index in [2.05, 4.69) is 11.6 Å². The van der Waals surface area contributed by atoms with Crippen molar-refractivity contribution in [2.75, 3.05) is 6.61 Å². The topological polar surface area (TPSA) is 112 Å². The fourth-order valence-electron chi connectivity index (χ4n) is 2.31. The molecule has 0 spiro atoms. The van der Waals surface area contributed by atoms with Crippen molar-refractivity contribution >= 4 is 5.84 Å². The van der Waals surface area contributed by atoms with Crippen LogP contribution in [0.4, 0.5) is 4.39 Å². The van der Waals surface area contributed by atoms with Crippen LogP contribution in [0.2, 0.25) is 0 Å². The van der Waals surface area contributed by atoms with Gasteiger partial charge in [0.15, 0.2) is 12.4 Å². The maximum absolute atomic E-state index is 14.3. The molecular formula is C12H18FN3O4. The Morgan fingerprint density at radius 2 is 2.30 bits per heavy atom. The van der Waals surface area contributed by atoms with E-state index in [0.29, 0.717) is 0 Å². The highest BCUT2D eigenvalue weighted by molar-refractivity contribution is 5.91. The van der Waals surface area contributed by atoms with Gasteiger partial charge >= 0.3 is 0 Å². The van der Waals surface area contributed by atoms with Crippen LogP contribution in [0.1, 0.15) is 6.92 Å². The summed E-state index contributed by atoms with van der Waals surface area (Å²) >= 11 is 0. The van der Waals surface area contributed by atoms with Gasteiger partial charge in [-0.2, -0.15) is 0 Å². The Hall–Kier alpha value is -1.48. The summed E-state index contributed by atoms with van der Waals surface area (Å²) in [6.07, 6.45) is -3.49. The summed E-state index contributed by atoms with van der Waals surface area (Å²) in [5, 5.41) is 29.2. The average molecular weight is 287 g/mol. The predicted molar refractivity (Wildman–Crippen MR) is 69.0 cm³/mol. The van der Waals surface area contributed by atoms with Gasteiger partial charge in [0.1, 0.15) is 17.5 Å². The quantitative estimate of drug-likeness (QED) is 0.486. The molecule has 0 aliphatic carbocycles. The number of aliphatic hydroxyl groups is 3. The van der Waals surface area contributed by atoms with E-state index in [1.54, 1.807) is 0 Å². The maximum atomic E-state index is 14.3. The van der Waals surface area contributed by atoms with Gasteiger partial charge in [-0.05, 0) is 18.6 Å². The van der Waals surface area contributed by atoms with Crippen LogP contribution in [0, 0.1) is 0 Å². The summed E-state index contributed by atoms with van der Waals surface area (Å²) in [5.41, 5.74) is 4.10. The Labute approximate surface area is 115 Å². The van der Waals surface area contributed by atoms with Crippen LogP contribution in [0.15, 0.2) is 29.4 Å². The van der Waals surface area contributed by atoms with Crippen LogP contribution in [0.25, 0.3) is 0 Å². The Morgan fingerprint density at radius 3 is 2.75 bits per heavy atom. The van der Waals surface area contributed by atoms with Gasteiger partial charge in [-0.1, -0.05) is 6.58 Å². The van der Waals surface area contributed by atoms with Crippen molar-refractivity contribution in [2.45, 2.75) is 37.4 Å². The zero-order chi connectivity index (χ0) is 15.1. The molecule has 1 unspecified atom stereocenters. The molecule has 2 aliphatic rings. The first-order valence-corrected chi connectivity index (χ1v) is 6.07. The Balaban J connectivity index is 2.28. The number of hydrogen-bond acceptors (Lipinski definition) is 7. The molecule has 0 aromatic rings. The minimum atomic E-state index is -1.85. The highest BCUT2D eigenvalue weighted by Crippen LogP contribution is 2.39. The maximum Gasteiger partial charge on any atom is 0.229 e. The third kappa shape index (κ3) is 2.10. The summed E-state index contributed by atoms with van der Waals surface area (Å²) in [7, 11) is 0. The molecule has 2 heterocycles. The van der Waals surface area contributed by atoms with E-state index < -0.39 is 37.1 Å².